The molecule has 2 radical (unpaired) electrons. The highest BCUT2D eigenvalue weighted by molar-refractivity contribution is 6.86. The molecule has 0 aromatic heterocycles. The topological polar surface area (TPSA) is 9.72 Å². The summed E-state index contributed by atoms with van der Waals surface area (Å²) in [5, 5.41) is 0. The van der Waals surface area contributed by atoms with E-state index in [1.54, 1.807) is 0 Å². The van der Waals surface area contributed by atoms with Gasteiger partial charge in [-0.25, -0.2) is 0 Å². The first-order valence-electron chi connectivity index (χ1n) is 6.49. The molecular weight excluding hydrogens is 236 g/mol. The van der Waals surface area contributed by atoms with Crippen molar-refractivity contribution in [2.24, 2.45) is 0 Å². The van der Waals surface area contributed by atoms with Crippen LogP contribution in [0.1, 0.15) is 11.1 Å². The first kappa shape index (κ1) is 13.7. The molecule has 1 fully saturated rings. The lowest BCUT2D eigenvalue weighted by Crippen LogP contribution is -2.69. The Morgan fingerprint density at radius 3 is 2.33 bits per heavy atom. The van der Waals surface area contributed by atoms with Crippen molar-refractivity contribution in [1.29, 1.82) is 0 Å². The quantitative estimate of drug-likeness (QED) is 0.710. The van der Waals surface area contributed by atoms with Crippen LogP contribution in [0.4, 0.5) is 5.69 Å². The summed E-state index contributed by atoms with van der Waals surface area (Å²) < 4.78 is 7.31. The number of hydrogen-bond donors (Lipinski definition) is 0. The van der Waals surface area contributed by atoms with Crippen molar-refractivity contribution >= 4 is 29.5 Å². The van der Waals surface area contributed by atoms with Gasteiger partial charge >= 0.3 is 6.98 Å². The number of hydrogen-bond acceptors (Lipinski definition) is 3. The lowest BCUT2D eigenvalue weighted by atomic mass is 9.62. The molecule has 0 spiro atoms. The van der Waals surface area contributed by atoms with Gasteiger partial charge in [-0.05, 0) is 39.6 Å². The SMILES string of the molecule is CB1N(C)[Si]N(c2ccc(C)cc2C)B(C)N1C. The van der Waals surface area contributed by atoms with Crippen molar-refractivity contribution in [2.45, 2.75) is 27.5 Å². The van der Waals surface area contributed by atoms with E-state index in [-0.39, 0.29) is 0 Å². The van der Waals surface area contributed by atoms with E-state index < -0.39 is 0 Å². The fraction of sp³-hybridized carbons (Fsp3) is 0.500. The molecule has 0 bridgehead atoms. The van der Waals surface area contributed by atoms with E-state index >= 15 is 0 Å². The molecular formula is C12H21B2N3Si. The van der Waals surface area contributed by atoms with Crippen molar-refractivity contribution in [3.63, 3.8) is 0 Å². The maximum atomic E-state index is 2.49. The van der Waals surface area contributed by atoms with E-state index in [9.17, 15) is 0 Å². The van der Waals surface area contributed by atoms with Gasteiger partial charge in [0.25, 0.3) is 16.8 Å². The predicted molar refractivity (Wildman–Crippen MR) is 82.9 cm³/mol. The van der Waals surface area contributed by atoms with Gasteiger partial charge < -0.3 is 13.7 Å². The van der Waals surface area contributed by atoms with Crippen LogP contribution in [0.15, 0.2) is 18.2 Å². The number of aryl methyl sites for hydroxylation is 2. The summed E-state index contributed by atoms with van der Waals surface area (Å²) >= 11 is 0. The van der Waals surface area contributed by atoms with Gasteiger partial charge in [-0.1, -0.05) is 31.3 Å². The molecule has 0 saturated carbocycles. The highest BCUT2D eigenvalue weighted by Crippen LogP contribution is 2.25. The normalized spacial score (nSPS) is 18.7. The predicted octanol–water partition coefficient (Wildman–Crippen LogP) is 1.76. The average molecular weight is 257 g/mol. The molecule has 0 aliphatic carbocycles. The standard InChI is InChI=1S/C12H21B2N3Si/c1-10-7-8-12(11(2)9-10)17-14(4)15(5)13(3)16(6)18-17/h7-9H,1-6H3. The van der Waals surface area contributed by atoms with Gasteiger partial charge in [0.1, 0.15) is 0 Å². The van der Waals surface area contributed by atoms with Gasteiger partial charge in [0.2, 0.25) is 0 Å². The minimum Gasteiger partial charge on any atom is -0.418 e. The molecule has 1 heterocycles. The molecule has 2 rings (SSSR count). The molecule has 1 aliphatic rings. The van der Waals surface area contributed by atoms with Crippen LogP contribution in [0.5, 0.6) is 0 Å². The van der Waals surface area contributed by atoms with Crippen LogP contribution >= 0.6 is 0 Å². The van der Waals surface area contributed by atoms with E-state index in [2.05, 4.69) is 73.5 Å². The zero-order chi connectivity index (χ0) is 13.4. The number of anilines is 1. The second kappa shape index (κ2) is 5.11. The zero-order valence-corrected chi connectivity index (χ0v) is 13.2. The summed E-state index contributed by atoms with van der Waals surface area (Å²) in [7, 11) is 5.11. The molecule has 1 aromatic rings. The molecule has 0 atom stereocenters. The van der Waals surface area contributed by atoms with Crippen LogP contribution in [-0.2, 0) is 0 Å². The minimum atomic E-state index is 0.441. The fourth-order valence-electron chi connectivity index (χ4n) is 2.44. The smallest absolute Gasteiger partial charge is 0.321 e. The summed E-state index contributed by atoms with van der Waals surface area (Å²) in [5.74, 6) is 0. The summed E-state index contributed by atoms with van der Waals surface area (Å²) in [6, 6.07) is 6.73. The molecule has 1 saturated heterocycles. The fourth-order valence-corrected chi connectivity index (χ4v) is 3.83. The van der Waals surface area contributed by atoms with E-state index in [1.165, 1.54) is 16.8 Å². The Bertz CT molecular complexity index is 443. The third-order valence-electron chi connectivity index (χ3n) is 3.99. The molecule has 0 N–H and O–H groups in total. The molecule has 1 aromatic carbocycles. The summed E-state index contributed by atoms with van der Waals surface area (Å²) in [4.78, 5) is 0. The summed E-state index contributed by atoms with van der Waals surface area (Å²) in [5.41, 5.74) is 4.06. The Balaban J connectivity index is 2.32. The van der Waals surface area contributed by atoms with Gasteiger partial charge in [-0.3, -0.25) is 0 Å². The second-order valence-corrected chi connectivity index (χ2v) is 6.69. The first-order valence-corrected chi connectivity index (χ1v) is 7.39. The number of benzene rings is 1. The largest absolute Gasteiger partial charge is 0.418 e. The summed E-state index contributed by atoms with van der Waals surface area (Å²) in [6.07, 6.45) is 0. The first-order chi connectivity index (χ1) is 8.41. The van der Waals surface area contributed by atoms with Gasteiger partial charge in [0.15, 0.2) is 0 Å². The van der Waals surface area contributed by atoms with Crippen LogP contribution in [0.2, 0.25) is 13.6 Å². The molecule has 3 nitrogen and oxygen atoms in total. The third kappa shape index (κ3) is 2.37. The summed E-state index contributed by atoms with van der Waals surface area (Å²) in [6.45, 7) is 9.85. The lowest BCUT2D eigenvalue weighted by molar-refractivity contribution is 0.659. The molecule has 0 amide bonds. The van der Waals surface area contributed by atoms with Gasteiger partial charge in [-0.2, -0.15) is 0 Å². The number of rotatable bonds is 1. The Kier molecular flexibility index (Phi) is 3.89. The molecule has 6 heteroatoms. The van der Waals surface area contributed by atoms with Gasteiger partial charge in [0, 0.05) is 5.69 Å². The molecule has 94 valence electrons. The maximum Gasteiger partial charge on any atom is 0.321 e. The van der Waals surface area contributed by atoms with Crippen LogP contribution < -0.4 is 4.48 Å². The van der Waals surface area contributed by atoms with E-state index in [4.69, 9.17) is 0 Å². The third-order valence-corrected chi connectivity index (χ3v) is 5.51. The van der Waals surface area contributed by atoms with Crippen molar-refractivity contribution in [1.82, 2.24) is 9.20 Å². The molecule has 18 heavy (non-hydrogen) atoms. The number of nitrogens with zero attached hydrogens (tertiary/aromatic N) is 3. The van der Waals surface area contributed by atoms with Crippen LogP contribution in [0.25, 0.3) is 0 Å². The maximum absolute atomic E-state index is 2.49. The molecule has 0 unspecified atom stereocenters. The average Bonchev–Trinajstić information content (AvgIpc) is 2.32. The highest BCUT2D eigenvalue weighted by atomic mass is 28.2. The Labute approximate surface area is 114 Å². The van der Waals surface area contributed by atoms with Crippen LogP contribution in [0, 0.1) is 13.8 Å². The van der Waals surface area contributed by atoms with E-state index in [0.717, 1.165) is 0 Å². The van der Waals surface area contributed by atoms with E-state index in [1.807, 2.05) is 0 Å². The van der Waals surface area contributed by atoms with Crippen molar-refractivity contribution in [3.05, 3.63) is 29.3 Å². The van der Waals surface area contributed by atoms with E-state index in [0.29, 0.717) is 23.8 Å². The Morgan fingerprint density at radius 1 is 1.06 bits per heavy atom. The van der Waals surface area contributed by atoms with Crippen molar-refractivity contribution < 1.29 is 0 Å². The Hall–Kier alpha value is -0.713. The van der Waals surface area contributed by atoms with Crippen LogP contribution in [0.3, 0.4) is 0 Å². The minimum absolute atomic E-state index is 0.441. The highest BCUT2D eigenvalue weighted by Gasteiger charge is 2.38. The van der Waals surface area contributed by atoms with Crippen molar-refractivity contribution in [2.75, 3.05) is 18.6 Å². The monoisotopic (exact) mass is 257 g/mol. The lowest BCUT2D eigenvalue weighted by Gasteiger charge is -2.46. The molecule has 1 aliphatic heterocycles. The van der Waals surface area contributed by atoms with Gasteiger partial charge in [-0.15, -0.1) is 0 Å². The van der Waals surface area contributed by atoms with Gasteiger partial charge in [0.05, 0.1) is 0 Å². The van der Waals surface area contributed by atoms with Crippen LogP contribution in [-0.4, -0.2) is 47.1 Å². The Morgan fingerprint density at radius 2 is 1.72 bits per heavy atom. The zero-order valence-electron chi connectivity index (χ0n) is 12.2. The van der Waals surface area contributed by atoms with Crippen molar-refractivity contribution in [3.8, 4) is 0 Å². The second-order valence-electron chi connectivity index (χ2n) is 5.30.